The van der Waals surface area contributed by atoms with Crippen LogP contribution in [0.2, 0.25) is 0 Å². The van der Waals surface area contributed by atoms with E-state index in [4.69, 9.17) is 0 Å². The highest BCUT2D eigenvalue weighted by molar-refractivity contribution is 5.87. The Balaban J connectivity index is 1.75. The number of aliphatic hydroxyl groups is 1. The zero-order valence-corrected chi connectivity index (χ0v) is 14.5. The van der Waals surface area contributed by atoms with Crippen LogP contribution in [-0.4, -0.2) is 17.0 Å². The molecule has 0 amide bonds. The Bertz CT molecular complexity index is 500. The normalized spacial score (nSPS) is 57.9. The third-order valence-corrected chi connectivity index (χ3v) is 8.98. The van der Waals surface area contributed by atoms with Gasteiger partial charge in [-0.3, -0.25) is 4.79 Å². The number of ketones is 1. The third kappa shape index (κ3) is 1.68. The molecule has 0 aliphatic heterocycles. The standard InChI is InChI=1S/C20H32O2/c1-18-9-4-5-10-20(18,3)17-13(8-11-18)14-6-7-16(22)19(14,2)12-15(17)21/h13-15,17,21H,4-12H2,1-3H3. The maximum Gasteiger partial charge on any atom is 0.139 e. The van der Waals surface area contributed by atoms with E-state index in [9.17, 15) is 9.90 Å². The number of carbonyl (C=O) groups excluding carboxylic acids is 1. The van der Waals surface area contributed by atoms with E-state index < -0.39 is 0 Å². The van der Waals surface area contributed by atoms with Gasteiger partial charge < -0.3 is 5.11 Å². The van der Waals surface area contributed by atoms with E-state index in [1.165, 1.54) is 38.5 Å². The summed E-state index contributed by atoms with van der Waals surface area (Å²) in [6.45, 7) is 7.12. The van der Waals surface area contributed by atoms with Crippen molar-refractivity contribution in [1.82, 2.24) is 0 Å². The lowest BCUT2D eigenvalue weighted by atomic mass is 9.40. The van der Waals surface area contributed by atoms with Gasteiger partial charge in [0.15, 0.2) is 0 Å². The number of fused-ring (bicyclic) bond motifs is 5. The molecule has 7 unspecified atom stereocenters. The van der Waals surface area contributed by atoms with Crippen LogP contribution in [-0.2, 0) is 4.79 Å². The van der Waals surface area contributed by atoms with Crippen LogP contribution in [0.5, 0.6) is 0 Å². The third-order valence-electron chi connectivity index (χ3n) is 8.98. The van der Waals surface area contributed by atoms with Gasteiger partial charge in [0.05, 0.1) is 6.10 Å². The van der Waals surface area contributed by atoms with Crippen LogP contribution in [0, 0.1) is 34.0 Å². The van der Waals surface area contributed by atoms with Crippen LogP contribution in [0.3, 0.4) is 0 Å². The number of rotatable bonds is 0. The van der Waals surface area contributed by atoms with E-state index in [0.29, 0.717) is 29.0 Å². The van der Waals surface area contributed by atoms with Gasteiger partial charge in [-0.1, -0.05) is 33.6 Å². The second kappa shape index (κ2) is 4.59. The average Bonchev–Trinajstić information content (AvgIpc) is 2.75. The lowest BCUT2D eigenvalue weighted by Gasteiger charge is -2.65. The Morgan fingerprint density at radius 3 is 2.55 bits per heavy atom. The Kier molecular flexibility index (Phi) is 3.16. The first-order chi connectivity index (χ1) is 10.3. The van der Waals surface area contributed by atoms with Crippen LogP contribution in [0.1, 0.15) is 78.6 Å². The number of aliphatic hydroxyl groups excluding tert-OH is 1. The summed E-state index contributed by atoms with van der Waals surface area (Å²) in [7, 11) is 0. The van der Waals surface area contributed by atoms with Gasteiger partial charge in [-0.05, 0) is 67.1 Å². The van der Waals surface area contributed by atoms with E-state index in [0.717, 1.165) is 19.3 Å². The van der Waals surface area contributed by atoms with E-state index in [-0.39, 0.29) is 16.9 Å². The van der Waals surface area contributed by atoms with Gasteiger partial charge in [-0.2, -0.15) is 0 Å². The van der Waals surface area contributed by atoms with Crippen LogP contribution >= 0.6 is 0 Å². The second-order valence-electron chi connectivity index (χ2n) is 9.67. The topological polar surface area (TPSA) is 37.3 Å². The molecule has 4 rings (SSSR count). The zero-order chi connectivity index (χ0) is 15.8. The molecule has 2 nitrogen and oxygen atoms in total. The SMILES string of the molecule is CC12CC(O)C3C(CCC4(C)CCCCC34C)C1CCC2=O. The molecule has 4 fully saturated rings. The predicted octanol–water partition coefficient (Wildman–Crippen LogP) is 4.35. The number of hydrogen-bond acceptors (Lipinski definition) is 2. The fourth-order valence-electron chi connectivity index (χ4n) is 7.48. The fraction of sp³-hybridized carbons (Fsp3) is 0.950. The summed E-state index contributed by atoms with van der Waals surface area (Å²) in [5.41, 5.74) is 0.462. The van der Waals surface area contributed by atoms with Gasteiger partial charge in [0.2, 0.25) is 0 Å². The molecule has 0 bridgehead atoms. The van der Waals surface area contributed by atoms with E-state index >= 15 is 0 Å². The first kappa shape index (κ1) is 15.2. The molecule has 4 saturated carbocycles. The molecule has 0 spiro atoms. The highest BCUT2D eigenvalue weighted by Crippen LogP contribution is 2.69. The molecule has 0 aromatic heterocycles. The minimum absolute atomic E-state index is 0.223. The molecule has 7 atom stereocenters. The van der Waals surface area contributed by atoms with Crippen molar-refractivity contribution in [1.29, 1.82) is 0 Å². The van der Waals surface area contributed by atoms with Crippen molar-refractivity contribution >= 4 is 5.78 Å². The second-order valence-corrected chi connectivity index (χ2v) is 9.67. The van der Waals surface area contributed by atoms with Gasteiger partial charge in [0, 0.05) is 11.8 Å². The number of Topliss-reactive ketones (excluding diaryl/α,β-unsaturated/α-hetero) is 1. The molecule has 0 aromatic rings. The molecule has 4 aliphatic rings. The Morgan fingerprint density at radius 1 is 1.05 bits per heavy atom. The molecule has 22 heavy (non-hydrogen) atoms. The smallest absolute Gasteiger partial charge is 0.139 e. The number of carbonyl (C=O) groups is 1. The van der Waals surface area contributed by atoms with E-state index in [1.54, 1.807) is 0 Å². The summed E-state index contributed by atoms with van der Waals surface area (Å²) >= 11 is 0. The molecule has 2 heteroatoms. The first-order valence-corrected chi connectivity index (χ1v) is 9.53. The van der Waals surface area contributed by atoms with Crippen LogP contribution in [0.15, 0.2) is 0 Å². The maximum absolute atomic E-state index is 12.5. The van der Waals surface area contributed by atoms with Crippen molar-refractivity contribution in [2.45, 2.75) is 84.7 Å². The number of hydrogen-bond donors (Lipinski definition) is 1. The average molecular weight is 304 g/mol. The van der Waals surface area contributed by atoms with Crippen LogP contribution < -0.4 is 0 Å². The van der Waals surface area contributed by atoms with Crippen LogP contribution in [0.4, 0.5) is 0 Å². The fourth-order valence-corrected chi connectivity index (χ4v) is 7.48. The summed E-state index contributed by atoms with van der Waals surface area (Å²) in [6, 6.07) is 0. The molecular formula is C20H32O2. The monoisotopic (exact) mass is 304 g/mol. The first-order valence-electron chi connectivity index (χ1n) is 9.53. The van der Waals surface area contributed by atoms with Crippen molar-refractivity contribution < 1.29 is 9.90 Å². The largest absolute Gasteiger partial charge is 0.393 e. The Morgan fingerprint density at radius 2 is 1.77 bits per heavy atom. The van der Waals surface area contributed by atoms with Crippen molar-refractivity contribution in [3.8, 4) is 0 Å². The van der Waals surface area contributed by atoms with Crippen molar-refractivity contribution in [3.05, 3.63) is 0 Å². The van der Waals surface area contributed by atoms with Gasteiger partial charge in [-0.15, -0.1) is 0 Å². The quantitative estimate of drug-likeness (QED) is 0.722. The summed E-state index contributed by atoms with van der Waals surface area (Å²) in [5, 5.41) is 11.1. The molecule has 124 valence electrons. The lowest BCUT2D eigenvalue weighted by molar-refractivity contribution is -0.193. The highest BCUT2D eigenvalue weighted by atomic mass is 16.3. The molecular weight excluding hydrogens is 272 g/mol. The van der Waals surface area contributed by atoms with Crippen molar-refractivity contribution in [2.75, 3.05) is 0 Å². The zero-order valence-electron chi connectivity index (χ0n) is 14.5. The predicted molar refractivity (Wildman–Crippen MR) is 87.4 cm³/mol. The van der Waals surface area contributed by atoms with Gasteiger partial charge >= 0.3 is 0 Å². The summed E-state index contributed by atoms with van der Waals surface area (Å²) in [4.78, 5) is 12.5. The maximum atomic E-state index is 12.5. The minimum Gasteiger partial charge on any atom is -0.393 e. The van der Waals surface area contributed by atoms with Crippen LogP contribution in [0.25, 0.3) is 0 Å². The Hall–Kier alpha value is -0.370. The molecule has 0 aromatic carbocycles. The summed E-state index contributed by atoms with van der Waals surface area (Å²) < 4.78 is 0. The van der Waals surface area contributed by atoms with Gasteiger partial charge in [0.1, 0.15) is 5.78 Å². The summed E-state index contributed by atoms with van der Waals surface area (Å²) in [5.74, 6) is 1.97. The molecule has 0 radical (unpaired) electrons. The highest BCUT2D eigenvalue weighted by Gasteiger charge is 2.65. The molecule has 4 aliphatic carbocycles. The molecule has 1 N–H and O–H groups in total. The lowest BCUT2D eigenvalue weighted by Crippen LogP contribution is -2.61. The van der Waals surface area contributed by atoms with E-state index in [2.05, 4.69) is 20.8 Å². The van der Waals surface area contributed by atoms with Gasteiger partial charge in [0.25, 0.3) is 0 Å². The van der Waals surface area contributed by atoms with Crippen molar-refractivity contribution in [3.63, 3.8) is 0 Å². The Labute approximate surface area is 135 Å². The summed E-state index contributed by atoms with van der Waals surface area (Å²) in [6.07, 6.45) is 10.1. The van der Waals surface area contributed by atoms with Crippen molar-refractivity contribution in [2.24, 2.45) is 34.0 Å². The molecule has 0 saturated heterocycles. The molecule has 0 heterocycles. The van der Waals surface area contributed by atoms with Gasteiger partial charge in [-0.25, -0.2) is 0 Å². The minimum atomic E-state index is -0.268. The van der Waals surface area contributed by atoms with E-state index in [1.807, 2.05) is 0 Å².